The van der Waals surface area contributed by atoms with Crippen LogP contribution in [0.3, 0.4) is 0 Å². The lowest BCUT2D eigenvalue weighted by atomic mass is 10.2. The van der Waals surface area contributed by atoms with E-state index in [2.05, 4.69) is 4.74 Å². The highest BCUT2D eigenvalue weighted by Gasteiger charge is 2.12. The Morgan fingerprint density at radius 3 is 2.59 bits per heavy atom. The molecule has 0 aliphatic carbocycles. The van der Waals surface area contributed by atoms with E-state index in [4.69, 9.17) is 0 Å². The average molecular weight is 240 g/mol. The van der Waals surface area contributed by atoms with Crippen molar-refractivity contribution in [3.05, 3.63) is 50.1 Å². The van der Waals surface area contributed by atoms with Gasteiger partial charge in [0.15, 0.2) is 0 Å². The summed E-state index contributed by atoms with van der Waals surface area (Å²) in [6.07, 6.45) is 0. The fourth-order valence-electron chi connectivity index (χ4n) is 1.07. The van der Waals surface area contributed by atoms with Crippen molar-refractivity contribution in [2.75, 3.05) is 6.54 Å². The number of nitro groups is 2. The largest absolute Gasteiger partial charge is 0.456 e. The van der Waals surface area contributed by atoms with Crippen LogP contribution in [-0.2, 0) is 16.1 Å². The molecule has 0 aromatic heterocycles. The number of esters is 1. The van der Waals surface area contributed by atoms with Crippen LogP contribution in [0, 0.1) is 20.2 Å². The summed E-state index contributed by atoms with van der Waals surface area (Å²) in [4.78, 5) is 29.9. The molecule has 0 saturated heterocycles. The molecular formula is C9H8N2O6. The lowest BCUT2D eigenvalue weighted by molar-refractivity contribution is -0.470. The molecule has 1 aromatic carbocycles. The summed E-state index contributed by atoms with van der Waals surface area (Å²) in [6.45, 7) is -1.15. The van der Waals surface area contributed by atoms with Crippen LogP contribution < -0.4 is 0 Å². The zero-order chi connectivity index (χ0) is 12.8. The maximum absolute atomic E-state index is 10.8. The molecule has 0 heterocycles. The molecule has 8 nitrogen and oxygen atoms in total. The fourth-order valence-corrected chi connectivity index (χ4v) is 1.07. The Morgan fingerprint density at radius 2 is 2.00 bits per heavy atom. The maximum atomic E-state index is 10.8. The topological polar surface area (TPSA) is 113 Å². The van der Waals surface area contributed by atoms with Gasteiger partial charge >= 0.3 is 5.97 Å². The number of non-ortho nitro benzene ring substituents is 1. The highest BCUT2D eigenvalue weighted by molar-refractivity contribution is 5.70. The van der Waals surface area contributed by atoms with Crippen molar-refractivity contribution in [3.63, 3.8) is 0 Å². The smallest absolute Gasteiger partial charge is 0.378 e. The van der Waals surface area contributed by atoms with Crippen LogP contribution in [0.1, 0.15) is 5.56 Å². The van der Waals surface area contributed by atoms with E-state index < -0.39 is 22.4 Å². The van der Waals surface area contributed by atoms with Gasteiger partial charge in [-0.25, -0.2) is 4.79 Å². The van der Waals surface area contributed by atoms with Crippen LogP contribution in [0.2, 0.25) is 0 Å². The van der Waals surface area contributed by atoms with Gasteiger partial charge in [-0.2, -0.15) is 0 Å². The molecule has 0 saturated carbocycles. The monoisotopic (exact) mass is 240 g/mol. The average Bonchev–Trinajstić information content (AvgIpc) is 2.26. The number of hydrogen-bond donors (Lipinski definition) is 0. The molecule has 0 fully saturated rings. The first kappa shape index (κ1) is 12.6. The van der Waals surface area contributed by atoms with E-state index in [1.807, 2.05) is 0 Å². The third-order valence-corrected chi connectivity index (χ3v) is 1.78. The summed E-state index contributed by atoms with van der Waals surface area (Å²) in [5, 5.41) is 20.4. The van der Waals surface area contributed by atoms with E-state index in [1.165, 1.54) is 24.3 Å². The van der Waals surface area contributed by atoms with Gasteiger partial charge in [-0.05, 0) is 5.56 Å². The van der Waals surface area contributed by atoms with E-state index in [1.54, 1.807) is 0 Å². The Hall–Kier alpha value is -2.51. The van der Waals surface area contributed by atoms with Crippen molar-refractivity contribution in [3.8, 4) is 0 Å². The summed E-state index contributed by atoms with van der Waals surface area (Å²) in [5.41, 5.74) is 0.267. The first-order valence-electron chi connectivity index (χ1n) is 4.50. The summed E-state index contributed by atoms with van der Waals surface area (Å²) in [7, 11) is 0. The summed E-state index contributed by atoms with van der Waals surface area (Å²) >= 11 is 0. The van der Waals surface area contributed by atoms with Crippen molar-refractivity contribution in [2.24, 2.45) is 0 Å². The minimum absolute atomic E-state index is 0.132. The van der Waals surface area contributed by atoms with Gasteiger partial charge in [-0.1, -0.05) is 12.1 Å². The molecule has 0 aliphatic rings. The van der Waals surface area contributed by atoms with Gasteiger partial charge in [0.25, 0.3) is 12.2 Å². The maximum Gasteiger partial charge on any atom is 0.378 e. The number of hydrogen-bond acceptors (Lipinski definition) is 6. The van der Waals surface area contributed by atoms with Crippen LogP contribution in [-0.4, -0.2) is 22.4 Å². The first-order valence-corrected chi connectivity index (χ1v) is 4.50. The molecule has 0 radical (unpaired) electrons. The second-order valence-electron chi connectivity index (χ2n) is 3.08. The van der Waals surface area contributed by atoms with E-state index in [-0.39, 0.29) is 12.3 Å². The molecule has 17 heavy (non-hydrogen) atoms. The Labute approximate surface area is 95.1 Å². The summed E-state index contributed by atoms with van der Waals surface area (Å²) < 4.78 is 4.57. The van der Waals surface area contributed by atoms with E-state index in [9.17, 15) is 25.0 Å². The van der Waals surface area contributed by atoms with Crippen LogP contribution in [0.4, 0.5) is 5.69 Å². The van der Waals surface area contributed by atoms with Crippen molar-refractivity contribution in [1.29, 1.82) is 0 Å². The zero-order valence-electron chi connectivity index (χ0n) is 8.57. The highest BCUT2D eigenvalue weighted by Crippen LogP contribution is 2.13. The minimum atomic E-state index is -0.985. The predicted octanol–water partition coefficient (Wildman–Crippen LogP) is 0.915. The quantitative estimate of drug-likeness (QED) is 0.429. The number of ether oxygens (including phenoxy) is 1. The minimum Gasteiger partial charge on any atom is -0.456 e. The molecule has 1 rings (SSSR count). The molecule has 90 valence electrons. The van der Waals surface area contributed by atoms with E-state index in [0.29, 0.717) is 5.56 Å². The molecular weight excluding hydrogens is 232 g/mol. The lowest BCUT2D eigenvalue weighted by Crippen LogP contribution is -2.16. The van der Waals surface area contributed by atoms with Crippen molar-refractivity contribution in [1.82, 2.24) is 0 Å². The second kappa shape index (κ2) is 5.54. The van der Waals surface area contributed by atoms with Crippen molar-refractivity contribution < 1.29 is 19.4 Å². The second-order valence-corrected chi connectivity index (χ2v) is 3.08. The molecule has 0 aliphatic heterocycles. The molecule has 0 bridgehead atoms. The molecule has 8 heteroatoms. The highest BCUT2D eigenvalue weighted by atomic mass is 16.6. The Morgan fingerprint density at radius 1 is 1.29 bits per heavy atom. The van der Waals surface area contributed by atoms with Crippen LogP contribution in [0.15, 0.2) is 24.3 Å². The standard InChI is InChI=1S/C9H8N2O6/c12-9(5-10(13)14)17-6-7-2-1-3-8(4-7)11(15)16/h1-4H,5-6H2. The van der Waals surface area contributed by atoms with Gasteiger partial charge in [0, 0.05) is 17.1 Å². The van der Waals surface area contributed by atoms with Gasteiger partial charge in [0.1, 0.15) is 6.61 Å². The van der Waals surface area contributed by atoms with Crippen LogP contribution in [0.25, 0.3) is 0 Å². The van der Waals surface area contributed by atoms with Crippen molar-refractivity contribution >= 4 is 11.7 Å². The number of carbonyl (C=O) groups is 1. The van der Waals surface area contributed by atoms with Gasteiger partial charge in [-0.3, -0.25) is 20.2 Å². The number of nitro benzene ring substituents is 1. The SMILES string of the molecule is O=C(C[N+](=O)[O-])OCc1cccc([N+](=O)[O-])c1. The zero-order valence-corrected chi connectivity index (χ0v) is 8.57. The van der Waals surface area contributed by atoms with E-state index in [0.717, 1.165) is 0 Å². The van der Waals surface area contributed by atoms with Gasteiger partial charge < -0.3 is 4.74 Å². The van der Waals surface area contributed by atoms with Gasteiger partial charge in [0.2, 0.25) is 0 Å². The van der Waals surface area contributed by atoms with Crippen molar-refractivity contribution in [2.45, 2.75) is 6.61 Å². The molecule has 0 amide bonds. The lowest BCUT2D eigenvalue weighted by Gasteiger charge is -2.02. The summed E-state index contributed by atoms with van der Waals surface area (Å²) in [5.74, 6) is -0.985. The molecule has 0 N–H and O–H groups in total. The number of rotatable bonds is 5. The normalized spacial score (nSPS) is 9.65. The Balaban J connectivity index is 2.57. The van der Waals surface area contributed by atoms with E-state index >= 15 is 0 Å². The molecule has 0 atom stereocenters. The summed E-state index contributed by atoms with van der Waals surface area (Å²) in [6, 6.07) is 5.49. The third-order valence-electron chi connectivity index (χ3n) is 1.78. The van der Waals surface area contributed by atoms with Gasteiger partial charge in [-0.15, -0.1) is 0 Å². The Bertz CT molecular complexity index is 459. The van der Waals surface area contributed by atoms with Gasteiger partial charge in [0.05, 0.1) is 4.92 Å². The number of benzene rings is 1. The van der Waals surface area contributed by atoms with Crippen LogP contribution >= 0.6 is 0 Å². The first-order chi connectivity index (χ1) is 7.99. The predicted molar refractivity (Wildman–Crippen MR) is 54.8 cm³/mol. The number of carbonyl (C=O) groups excluding carboxylic acids is 1. The molecule has 0 unspecified atom stereocenters. The Kier molecular flexibility index (Phi) is 4.09. The fraction of sp³-hybridized carbons (Fsp3) is 0.222. The van der Waals surface area contributed by atoms with Crippen LogP contribution in [0.5, 0.6) is 0 Å². The number of nitrogens with zero attached hydrogens (tertiary/aromatic N) is 2. The third kappa shape index (κ3) is 4.24. The molecule has 1 aromatic rings. The molecule has 0 spiro atoms.